The van der Waals surface area contributed by atoms with Crippen LogP contribution in [-0.2, 0) is 9.53 Å². The lowest BCUT2D eigenvalue weighted by Gasteiger charge is -2.05. The third-order valence-electron chi connectivity index (χ3n) is 2.14. The maximum atomic E-state index is 11.1. The quantitative estimate of drug-likeness (QED) is 0.680. The van der Waals surface area contributed by atoms with Crippen LogP contribution in [0.5, 0.6) is 0 Å². The lowest BCUT2D eigenvalue weighted by Crippen LogP contribution is -2.05. The van der Waals surface area contributed by atoms with Crippen LogP contribution >= 0.6 is 27.5 Å². The molecule has 0 fully saturated rings. The van der Waals surface area contributed by atoms with Gasteiger partial charge in [-0.3, -0.25) is 0 Å². The minimum atomic E-state index is -0.316. The Kier molecular flexibility index (Phi) is 5.51. The van der Waals surface area contributed by atoms with Gasteiger partial charge in [0.25, 0.3) is 0 Å². The highest BCUT2D eigenvalue weighted by Crippen LogP contribution is 2.25. The second-order valence-corrected chi connectivity index (χ2v) is 4.65. The number of nitrogens with one attached hydrogen (secondary N) is 1. The second kappa shape index (κ2) is 6.67. The Morgan fingerprint density at radius 3 is 2.88 bits per heavy atom. The van der Waals surface area contributed by atoms with Gasteiger partial charge in [-0.15, -0.1) is 0 Å². The number of halogens is 2. The van der Waals surface area contributed by atoms with Gasteiger partial charge in [-0.2, -0.15) is 0 Å². The Morgan fingerprint density at radius 2 is 2.29 bits per heavy atom. The normalized spacial score (nSPS) is 11.2. The van der Waals surface area contributed by atoms with E-state index in [4.69, 9.17) is 11.6 Å². The van der Waals surface area contributed by atoms with Gasteiger partial charge in [0, 0.05) is 22.3 Å². The highest BCUT2D eigenvalue weighted by Gasteiger charge is 2.02. The molecule has 0 aliphatic carbocycles. The van der Waals surface area contributed by atoms with Crippen LogP contribution in [0, 0.1) is 0 Å². The van der Waals surface area contributed by atoms with E-state index < -0.39 is 0 Å². The molecule has 1 N–H and O–H groups in total. The van der Waals surface area contributed by atoms with Gasteiger partial charge in [0.1, 0.15) is 0 Å². The van der Waals surface area contributed by atoms with E-state index in [2.05, 4.69) is 26.0 Å². The number of anilines is 1. The number of carbonyl (C=O) groups excluding carboxylic acids is 1. The molecule has 0 saturated heterocycles. The molecule has 0 amide bonds. The summed E-state index contributed by atoms with van der Waals surface area (Å²) < 4.78 is 5.42. The molecule has 3 nitrogen and oxygen atoms in total. The molecule has 0 heterocycles. The molecule has 0 radical (unpaired) electrons. The van der Waals surface area contributed by atoms with Gasteiger partial charge in [-0.1, -0.05) is 17.7 Å². The molecule has 0 atom stereocenters. The SMILES string of the molecule is COC(=O)/C(C)=C/CNc1ccc(Cl)c(Br)c1. The molecule has 92 valence electrons. The maximum Gasteiger partial charge on any atom is 0.333 e. The van der Waals surface area contributed by atoms with Crippen LogP contribution in [0.1, 0.15) is 6.92 Å². The standard InChI is InChI=1S/C12H13BrClNO2/c1-8(12(16)17-2)5-6-15-9-3-4-11(14)10(13)7-9/h3-5,7,15H,6H2,1-2H3/b8-5+. The largest absolute Gasteiger partial charge is 0.466 e. The number of ether oxygens (including phenoxy) is 1. The van der Waals surface area contributed by atoms with Crippen LogP contribution < -0.4 is 5.32 Å². The molecule has 5 heteroatoms. The number of hydrogen-bond donors (Lipinski definition) is 1. The first-order chi connectivity index (χ1) is 8.04. The first-order valence-electron chi connectivity index (χ1n) is 4.98. The Morgan fingerprint density at radius 1 is 1.59 bits per heavy atom. The number of hydrogen-bond acceptors (Lipinski definition) is 3. The van der Waals surface area contributed by atoms with Gasteiger partial charge < -0.3 is 10.1 Å². The fourth-order valence-electron chi connectivity index (χ4n) is 1.17. The van der Waals surface area contributed by atoms with Crippen molar-refractivity contribution in [3.8, 4) is 0 Å². The monoisotopic (exact) mass is 317 g/mol. The molecule has 0 aliphatic rings. The van der Waals surface area contributed by atoms with Crippen molar-refractivity contribution < 1.29 is 9.53 Å². The van der Waals surface area contributed by atoms with Crippen molar-refractivity contribution in [2.45, 2.75) is 6.92 Å². The zero-order chi connectivity index (χ0) is 12.8. The zero-order valence-corrected chi connectivity index (χ0v) is 11.9. The molecule has 17 heavy (non-hydrogen) atoms. The molecule has 1 rings (SSSR count). The van der Waals surface area contributed by atoms with Crippen molar-refractivity contribution in [1.82, 2.24) is 0 Å². The lowest BCUT2D eigenvalue weighted by atomic mass is 10.2. The molecular weight excluding hydrogens is 305 g/mol. The van der Waals surface area contributed by atoms with E-state index in [1.54, 1.807) is 19.1 Å². The maximum absolute atomic E-state index is 11.1. The third-order valence-corrected chi connectivity index (χ3v) is 3.36. The molecule has 1 aromatic rings. The summed E-state index contributed by atoms with van der Waals surface area (Å²) in [6.45, 7) is 2.26. The van der Waals surface area contributed by atoms with Crippen molar-refractivity contribution in [2.24, 2.45) is 0 Å². The summed E-state index contributed by atoms with van der Waals surface area (Å²) in [5.41, 5.74) is 1.50. The third kappa shape index (κ3) is 4.40. The van der Waals surface area contributed by atoms with E-state index in [1.165, 1.54) is 7.11 Å². The molecule has 0 aromatic heterocycles. The molecule has 0 bridgehead atoms. The topological polar surface area (TPSA) is 38.3 Å². The summed E-state index contributed by atoms with van der Waals surface area (Å²) >= 11 is 9.22. The van der Waals surface area contributed by atoms with Crippen molar-refractivity contribution in [3.05, 3.63) is 39.3 Å². The average molecular weight is 319 g/mol. The van der Waals surface area contributed by atoms with E-state index in [9.17, 15) is 4.79 Å². The van der Waals surface area contributed by atoms with E-state index in [-0.39, 0.29) is 5.97 Å². The van der Waals surface area contributed by atoms with E-state index in [1.807, 2.05) is 12.1 Å². The van der Waals surface area contributed by atoms with Gasteiger partial charge in [-0.05, 0) is 41.1 Å². The van der Waals surface area contributed by atoms with Gasteiger partial charge in [-0.25, -0.2) is 4.79 Å². The van der Waals surface area contributed by atoms with Crippen molar-refractivity contribution >= 4 is 39.2 Å². The summed E-state index contributed by atoms with van der Waals surface area (Å²) in [4.78, 5) is 11.1. The number of benzene rings is 1. The number of rotatable bonds is 4. The van der Waals surface area contributed by atoms with Crippen LogP contribution in [0.25, 0.3) is 0 Å². The van der Waals surface area contributed by atoms with E-state index in [0.717, 1.165) is 10.2 Å². The van der Waals surface area contributed by atoms with Gasteiger partial charge in [0.2, 0.25) is 0 Å². The van der Waals surface area contributed by atoms with Gasteiger partial charge in [0.05, 0.1) is 12.1 Å². The van der Waals surface area contributed by atoms with Crippen LogP contribution in [-0.4, -0.2) is 19.6 Å². The Bertz CT molecular complexity index is 446. The minimum Gasteiger partial charge on any atom is -0.466 e. The Labute approximate surface area is 114 Å². The summed E-state index contributed by atoms with van der Waals surface area (Å²) in [6, 6.07) is 5.54. The highest BCUT2D eigenvalue weighted by atomic mass is 79.9. The first kappa shape index (κ1) is 14.1. The Hall–Kier alpha value is -1.000. The zero-order valence-electron chi connectivity index (χ0n) is 9.59. The summed E-state index contributed by atoms with van der Waals surface area (Å²) in [6.07, 6.45) is 1.77. The van der Waals surface area contributed by atoms with Crippen molar-refractivity contribution in [3.63, 3.8) is 0 Å². The van der Waals surface area contributed by atoms with Crippen LogP contribution in [0.3, 0.4) is 0 Å². The summed E-state index contributed by atoms with van der Waals surface area (Å²) in [5, 5.41) is 3.81. The average Bonchev–Trinajstić information content (AvgIpc) is 2.32. The second-order valence-electron chi connectivity index (χ2n) is 3.39. The van der Waals surface area contributed by atoms with Crippen molar-refractivity contribution in [2.75, 3.05) is 19.0 Å². The van der Waals surface area contributed by atoms with Crippen molar-refractivity contribution in [1.29, 1.82) is 0 Å². The molecule has 0 aliphatic heterocycles. The summed E-state index contributed by atoms with van der Waals surface area (Å²) in [7, 11) is 1.36. The lowest BCUT2D eigenvalue weighted by molar-refractivity contribution is -0.136. The van der Waals surface area contributed by atoms with E-state index in [0.29, 0.717) is 17.1 Å². The first-order valence-corrected chi connectivity index (χ1v) is 6.15. The fourth-order valence-corrected chi connectivity index (χ4v) is 1.67. The number of carbonyl (C=O) groups is 1. The van der Waals surface area contributed by atoms with Gasteiger partial charge in [0.15, 0.2) is 0 Å². The van der Waals surface area contributed by atoms with E-state index >= 15 is 0 Å². The minimum absolute atomic E-state index is 0.316. The van der Waals surface area contributed by atoms with Crippen LogP contribution in [0.15, 0.2) is 34.3 Å². The molecule has 1 aromatic carbocycles. The predicted octanol–water partition coefficient (Wildman–Crippen LogP) is 3.63. The smallest absolute Gasteiger partial charge is 0.333 e. The predicted molar refractivity (Wildman–Crippen MR) is 73.4 cm³/mol. The molecule has 0 spiro atoms. The Balaban J connectivity index is 2.56. The number of esters is 1. The number of methoxy groups -OCH3 is 1. The molecule has 0 unspecified atom stereocenters. The summed E-state index contributed by atoms with van der Waals surface area (Å²) in [5.74, 6) is -0.316. The fraction of sp³-hybridized carbons (Fsp3) is 0.250. The molecular formula is C12H13BrClNO2. The van der Waals surface area contributed by atoms with Crippen LogP contribution in [0.4, 0.5) is 5.69 Å². The highest BCUT2D eigenvalue weighted by molar-refractivity contribution is 9.10. The molecule has 0 saturated carbocycles. The van der Waals surface area contributed by atoms with Gasteiger partial charge >= 0.3 is 5.97 Å². The van der Waals surface area contributed by atoms with Crippen LogP contribution in [0.2, 0.25) is 5.02 Å².